The first-order valence-electron chi connectivity index (χ1n) is 9.48. The van der Waals surface area contributed by atoms with E-state index in [1.807, 2.05) is 47.8 Å². The first-order chi connectivity index (χ1) is 13.5. The van der Waals surface area contributed by atoms with E-state index in [1.54, 1.807) is 9.80 Å². The van der Waals surface area contributed by atoms with Crippen LogP contribution in [-0.2, 0) is 16.1 Å². The summed E-state index contributed by atoms with van der Waals surface area (Å²) in [5.41, 5.74) is 6.30. The molecule has 1 unspecified atom stereocenters. The van der Waals surface area contributed by atoms with Crippen molar-refractivity contribution in [2.75, 3.05) is 19.6 Å². The Balaban J connectivity index is 1.69. The maximum atomic E-state index is 13.2. The number of nitrogens with zero attached hydrogens (tertiary/aromatic N) is 2. The van der Waals surface area contributed by atoms with E-state index in [-0.39, 0.29) is 24.2 Å². The number of hydrogen-bond acceptors (Lipinski definition) is 4. The standard InChI is InChI=1S/C21H25N3O3S/c22-19(25)10-12-24(14-16-6-2-1-3-7-16)20(26)17-8-4-11-23(15-17)21(27)18-9-5-13-28-18/h1-3,5-7,9,13,17H,4,8,10-12,14-15H2,(H2,22,25). The van der Waals surface area contributed by atoms with Gasteiger partial charge < -0.3 is 15.5 Å². The number of rotatable bonds is 7. The van der Waals surface area contributed by atoms with E-state index in [9.17, 15) is 14.4 Å². The molecule has 1 aliphatic rings. The number of amides is 3. The fraction of sp³-hybridized carbons (Fsp3) is 0.381. The first-order valence-corrected chi connectivity index (χ1v) is 10.4. The van der Waals surface area contributed by atoms with Crippen molar-refractivity contribution in [1.29, 1.82) is 0 Å². The number of nitrogens with two attached hydrogens (primary N) is 1. The third kappa shape index (κ3) is 5.19. The molecule has 148 valence electrons. The van der Waals surface area contributed by atoms with Crippen LogP contribution in [0.3, 0.4) is 0 Å². The zero-order valence-corrected chi connectivity index (χ0v) is 16.6. The van der Waals surface area contributed by atoms with Gasteiger partial charge in [-0.1, -0.05) is 36.4 Å². The van der Waals surface area contributed by atoms with Crippen LogP contribution in [0.15, 0.2) is 47.8 Å². The van der Waals surface area contributed by atoms with Gasteiger partial charge in [-0.3, -0.25) is 14.4 Å². The summed E-state index contributed by atoms with van der Waals surface area (Å²) in [6, 6.07) is 13.4. The van der Waals surface area contributed by atoms with Gasteiger partial charge in [-0.05, 0) is 29.9 Å². The number of benzene rings is 1. The van der Waals surface area contributed by atoms with E-state index in [2.05, 4.69) is 0 Å². The van der Waals surface area contributed by atoms with Gasteiger partial charge in [-0.2, -0.15) is 0 Å². The minimum absolute atomic E-state index is 0.0146. The summed E-state index contributed by atoms with van der Waals surface area (Å²) in [5, 5.41) is 1.88. The van der Waals surface area contributed by atoms with Crippen molar-refractivity contribution in [3.8, 4) is 0 Å². The molecule has 1 aromatic heterocycles. The number of carbonyl (C=O) groups excluding carboxylic acids is 3. The Labute approximate surface area is 168 Å². The summed E-state index contributed by atoms with van der Waals surface area (Å²) in [5.74, 6) is -0.716. The highest BCUT2D eigenvalue weighted by Gasteiger charge is 2.32. The second-order valence-corrected chi connectivity index (χ2v) is 7.98. The molecule has 7 heteroatoms. The fourth-order valence-electron chi connectivity index (χ4n) is 3.49. The molecular formula is C21H25N3O3S. The summed E-state index contributed by atoms with van der Waals surface area (Å²) >= 11 is 1.42. The molecule has 2 heterocycles. The van der Waals surface area contributed by atoms with Crippen molar-refractivity contribution in [1.82, 2.24) is 9.80 Å². The average Bonchev–Trinajstić information content (AvgIpc) is 3.25. The first kappa shape index (κ1) is 20.1. The number of hydrogen-bond donors (Lipinski definition) is 1. The molecule has 1 aliphatic heterocycles. The zero-order valence-electron chi connectivity index (χ0n) is 15.8. The molecule has 2 aromatic rings. The molecular weight excluding hydrogens is 374 g/mol. The molecule has 6 nitrogen and oxygen atoms in total. The van der Waals surface area contributed by atoms with Crippen LogP contribution < -0.4 is 5.73 Å². The van der Waals surface area contributed by atoms with E-state index in [0.717, 1.165) is 18.4 Å². The Morgan fingerprint density at radius 3 is 2.61 bits per heavy atom. The van der Waals surface area contributed by atoms with Gasteiger partial charge in [0.05, 0.1) is 10.8 Å². The van der Waals surface area contributed by atoms with Gasteiger partial charge >= 0.3 is 0 Å². The van der Waals surface area contributed by atoms with Crippen LogP contribution in [0.25, 0.3) is 0 Å². The normalized spacial score (nSPS) is 16.6. The number of primary amides is 1. The monoisotopic (exact) mass is 399 g/mol. The number of carbonyl (C=O) groups is 3. The second-order valence-electron chi connectivity index (χ2n) is 7.03. The Morgan fingerprint density at radius 1 is 1.14 bits per heavy atom. The van der Waals surface area contributed by atoms with Crippen LogP contribution >= 0.6 is 11.3 Å². The molecule has 3 rings (SSSR count). The Kier molecular flexibility index (Phi) is 6.81. The summed E-state index contributed by atoms with van der Waals surface area (Å²) in [6.07, 6.45) is 1.67. The summed E-state index contributed by atoms with van der Waals surface area (Å²) in [4.78, 5) is 41.3. The van der Waals surface area contributed by atoms with Crippen molar-refractivity contribution in [2.45, 2.75) is 25.8 Å². The van der Waals surface area contributed by atoms with E-state index < -0.39 is 5.91 Å². The predicted octanol–water partition coefficient (Wildman–Crippen LogP) is 2.50. The molecule has 1 saturated heterocycles. The van der Waals surface area contributed by atoms with Gasteiger partial charge in [0, 0.05) is 32.6 Å². The lowest BCUT2D eigenvalue weighted by Crippen LogP contribution is -2.47. The van der Waals surface area contributed by atoms with Crippen molar-refractivity contribution < 1.29 is 14.4 Å². The molecule has 1 atom stereocenters. The SMILES string of the molecule is NC(=O)CCN(Cc1ccccc1)C(=O)C1CCCN(C(=O)c2cccs2)C1. The quantitative estimate of drug-likeness (QED) is 0.776. The van der Waals surface area contributed by atoms with Crippen LogP contribution in [0.5, 0.6) is 0 Å². The summed E-state index contributed by atoms with van der Waals surface area (Å²) in [7, 11) is 0. The zero-order chi connectivity index (χ0) is 19.9. The Hall–Kier alpha value is -2.67. The lowest BCUT2D eigenvalue weighted by atomic mass is 9.96. The van der Waals surface area contributed by atoms with Crippen molar-refractivity contribution >= 4 is 29.1 Å². The van der Waals surface area contributed by atoms with E-state index in [4.69, 9.17) is 5.73 Å². The fourth-order valence-corrected chi connectivity index (χ4v) is 4.18. The van der Waals surface area contributed by atoms with E-state index in [0.29, 0.717) is 31.1 Å². The summed E-state index contributed by atoms with van der Waals surface area (Å²) < 4.78 is 0. The van der Waals surface area contributed by atoms with Gasteiger partial charge in [-0.25, -0.2) is 0 Å². The average molecular weight is 400 g/mol. The lowest BCUT2D eigenvalue weighted by molar-refractivity contribution is -0.138. The van der Waals surface area contributed by atoms with Gasteiger partial charge in [0.25, 0.3) is 5.91 Å². The van der Waals surface area contributed by atoms with Crippen molar-refractivity contribution in [2.24, 2.45) is 11.7 Å². The minimum atomic E-state index is -0.427. The van der Waals surface area contributed by atoms with Gasteiger partial charge in [0.15, 0.2) is 0 Å². The second kappa shape index (κ2) is 9.50. The Morgan fingerprint density at radius 2 is 1.93 bits per heavy atom. The molecule has 0 saturated carbocycles. The smallest absolute Gasteiger partial charge is 0.263 e. The molecule has 1 aromatic carbocycles. The van der Waals surface area contributed by atoms with Crippen LogP contribution in [0.2, 0.25) is 0 Å². The van der Waals surface area contributed by atoms with Crippen molar-refractivity contribution in [3.05, 3.63) is 58.3 Å². The molecule has 0 bridgehead atoms. The maximum absolute atomic E-state index is 13.2. The Bertz CT molecular complexity index is 808. The van der Waals surface area contributed by atoms with Crippen LogP contribution in [0, 0.1) is 5.92 Å². The molecule has 3 amide bonds. The molecule has 0 aliphatic carbocycles. The van der Waals surface area contributed by atoms with Gasteiger partial charge in [0.2, 0.25) is 11.8 Å². The van der Waals surface area contributed by atoms with E-state index in [1.165, 1.54) is 11.3 Å². The third-order valence-corrected chi connectivity index (χ3v) is 5.80. The predicted molar refractivity (Wildman–Crippen MR) is 109 cm³/mol. The van der Waals surface area contributed by atoms with Crippen LogP contribution in [0.1, 0.15) is 34.5 Å². The molecule has 2 N–H and O–H groups in total. The molecule has 0 radical (unpaired) electrons. The molecule has 28 heavy (non-hydrogen) atoms. The van der Waals surface area contributed by atoms with Crippen LogP contribution in [0.4, 0.5) is 0 Å². The molecule has 0 spiro atoms. The highest BCUT2D eigenvalue weighted by molar-refractivity contribution is 7.12. The highest BCUT2D eigenvalue weighted by atomic mass is 32.1. The number of thiophene rings is 1. The number of likely N-dealkylation sites (tertiary alicyclic amines) is 1. The maximum Gasteiger partial charge on any atom is 0.263 e. The lowest BCUT2D eigenvalue weighted by Gasteiger charge is -2.35. The van der Waals surface area contributed by atoms with Crippen LogP contribution in [-0.4, -0.2) is 47.2 Å². The number of piperidine rings is 1. The van der Waals surface area contributed by atoms with E-state index >= 15 is 0 Å². The highest BCUT2D eigenvalue weighted by Crippen LogP contribution is 2.23. The van der Waals surface area contributed by atoms with Crippen molar-refractivity contribution in [3.63, 3.8) is 0 Å². The third-order valence-electron chi connectivity index (χ3n) is 4.95. The minimum Gasteiger partial charge on any atom is -0.370 e. The molecule has 1 fully saturated rings. The van der Waals surface area contributed by atoms with Gasteiger partial charge in [-0.15, -0.1) is 11.3 Å². The van der Waals surface area contributed by atoms with Gasteiger partial charge in [0.1, 0.15) is 0 Å². The summed E-state index contributed by atoms with van der Waals surface area (Å²) in [6.45, 7) is 1.80. The largest absolute Gasteiger partial charge is 0.370 e. The topological polar surface area (TPSA) is 83.7 Å².